The van der Waals surface area contributed by atoms with Crippen LogP contribution in [-0.4, -0.2) is 27.4 Å². The third-order valence-corrected chi connectivity index (χ3v) is 6.96. The van der Waals surface area contributed by atoms with Gasteiger partial charge in [0.25, 0.3) is 5.56 Å². The van der Waals surface area contributed by atoms with Crippen LogP contribution in [0.25, 0.3) is 15.9 Å². The number of esters is 1. The van der Waals surface area contributed by atoms with E-state index in [4.69, 9.17) is 9.72 Å². The van der Waals surface area contributed by atoms with E-state index in [1.54, 1.807) is 4.57 Å². The highest BCUT2D eigenvalue weighted by atomic mass is 32.2. The second-order valence-corrected chi connectivity index (χ2v) is 8.72. The third-order valence-electron chi connectivity index (χ3n) is 4.66. The molecule has 5 nitrogen and oxygen atoms in total. The fraction of sp³-hybridized carbons (Fsp3) is 0.316. The van der Waals surface area contributed by atoms with Crippen molar-refractivity contribution < 1.29 is 9.53 Å². The Kier molecular flexibility index (Phi) is 4.36. The number of aryl methyl sites for hydroxylation is 3. The van der Waals surface area contributed by atoms with Crippen LogP contribution in [0.2, 0.25) is 0 Å². The van der Waals surface area contributed by atoms with Crippen LogP contribution >= 0.6 is 23.1 Å². The zero-order chi connectivity index (χ0) is 18.4. The minimum absolute atomic E-state index is 0.0833. The van der Waals surface area contributed by atoms with E-state index in [0.29, 0.717) is 23.6 Å². The van der Waals surface area contributed by atoms with Crippen LogP contribution in [0, 0.1) is 20.8 Å². The summed E-state index contributed by atoms with van der Waals surface area (Å²) in [5, 5.41) is 0.882. The Morgan fingerprint density at radius 2 is 2.00 bits per heavy atom. The second kappa shape index (κ2) is 6.55. The minimum atomic E-state index is -0.322. The van der Waals surface area contributed by atoms with Gasteiger partial charge in [-0.1, -0.05) is 30.0 Å². The Hall–Kier alpha value is -2.12. The molecule has 0 spiro atoms. The number of thiophene rings is 1. The van der Waals surface area contributed by atoms with Gasteiger partial charge in [0.2, 0.25) is 0 Å². The number of hydrogen-bond donors (Lipinski definition) is 0. The van der Waals surface area contributed by atoms with Crippen LogP contribution in [0.4, 0.5) is 0 Å². The number of ether oxygens (including phenoxy) is 1. The van der Waals surface area contributed by atoms with Crippen molar-refractivity contribution in [1.29, 1.82) is 0 Å². The summed E-state index contributed by atoms with van der Waals surface area (Å²) in [5.41, 5.74) is 2.67. The number of para-hydroxylation sites is 1. The Bertz CT molecular complexity index is 1080. The first-order valence-corrected chi connectivity index (χ1v) is 10.1. The summed E-state index contributed by atoms with van der Waals surface area (Å²) < 4.78 is 6.72. The number of fused-ring (bicyclic) bond motifs is 1. The molecule has 0 bridgehead atoms. The fourth-order valence-electron chi connectivity index (χ4n) is 3.09. The van der Waals surface area contributed by atoms with Gasteiger partial charge in [0.05, 0.1) is 17.7 Å². The van der Waals surface area contributed by atoms with Gasteiger partial charge in [-0.25, -0.2) is 4.98 Å². The zero-order valence-corrected chi connectivity index (χ0v) is 16.4. The first-order valence-electron chi connectivity index (χ1n) is 8.39. The summed E-state index contributed by atoms with van der Waals surface area (Å²) in [7, 11) is 0. The number of carbonyl (C=O) groups is 1. The van der Waals surface area contributed by atoms with Crippen LogP contribution in [0.15, 0.2) is 34.2 Å². The van der Waals surface area contributed by atoms with E-state index >= 15 is 0 Å². The van der Waals surface area contributed by atoms with E-state index in [1.807, 2.05) is 45.0 Å². The largest absolute Gasteiger partial charge is 0.465 e. The number of hydrogen-bond acceptors (Lipinski definition) is 6. The number of thioether (sulfide) groups is 1. The molecule has 1 saturated heterocycles. The molecule has 134 valence electrons. The van der Waals surface area contributed by atoms with Crippen molar-refractivity contribution in [3.05, 3.63) is 50.6 Å². The highest BCUT2D eigenvalue weighted by molar-refractivity contribution is 8.00. The van der Waals surface area contributed by atoms with Crippen LogP contribution in [0.5, 0.6) is 0 Å². The number of aromatic nitrogens is 2. The number of carbonyl (C=O) groups excluding carboxylic acids is 1. The molecule has 0 amide bonds. The molecule has 3 heterocycles. The predicted octanol–water partition coefficient (Wildman–Crippen LogP) is 3.78. The summed E-state index contributed by atoms with van der Waals surface area (Å²) in [6, 6.07) is 7.73. The Morgan fingerprint density at radius 1 is 1.23 bits per heavy atom. The average molecular weight is 386 g/mol. The Morgan fingerprint density at radius 3 is 2.69 bits per heavy atom. The molecule has 2 aromatic heterocycles. The van der Waals surface area contributed by atoms with Crippen molar-refractivity contribution in [2.45, 2.75) is 37.6 Å². The third kappa shape index (κ3) is 2.75. The molecular formula is C19H18N2O3S2. The predicted molar refractivity (Wildman–Crippen MR) is 105 cm³/mol. The van der Waals surface area contributed by atoms with Crippen LogP contribution in [0.3, 0.4) is 0 Å². The monoisotopic (exact) mass is 386 g/mol. The molecule has 1 aliphatic heterocycles. The molecule has 0 saturated carbocycles. The summed E-state index contributed by atoms with van der Waals surface area (Å²) in [4.78, 5) is 31.9. The van der Waals surface area contributed by atoms with Gasteiger partial charge in [0.15, 0.2) is 5.16 Å². The van der Waals surface area contributed by atoms with E-state index in [-0.39, 0.29) is 16.8 Å². The standard InChI is InChI=1S/C19H18N2O3S2/c1-10-6-4-5-7-13(10)21-17(22)15-11(2)12(3)25-16(15)20-19(21)26-14-8-9-24-18(14)23/h4-7,14H,8-9H2,1-3H3/t14-/m0/s1. The quantitative estimate of drug-likeness (QED) is 0.506. The minimum Gasteiger partial charge on any atom is -0.465 e. The Balaban J connectivity index is 1.99. The van der Waals surface area contributed by atoms with E-state index < -0.39 is 0 Å². The molecule has 4 rings (SSSR count). The van der Waals surface area contributed by atoms with E-state index in [1.165, 1.54) is 23.1 Å². The maximum atomic E-state index is 13.4. The van der Waals surface area contributed by atoms with Crippen molar-refractivity contribution >= 4 is 39.3 Å². The smallest absolute Gasteiger partial charge is 0.319 e. The van der Waals surface area contributed by atoms with Crippen molar-refractivity contribution in [2.24, 2.45) is 0 Å². The second-order valence-electron chi connectivity index (χ2n) is 6.35. The highest BCUT2D eigenvalue weighted by Crippen LogP contribution is 2.33. The molecular weight excluding hydrogens is 368 g/mol. The van der Waals surface area contributed by atoms with Gasteiger partial charge in [0, 0.05) is 11.3 Å². The molecule has 1 fully saturated rings. The maximum Gasteiger partial charge on any atom is 0.319 e. The summed E-state index contributed by atoms with van der Waals surface area (Å²) >= 11 is 2.84. The van der Waals surface area contributed by atoms with Crippen LogP contribution in [-0.2, 0) is 9.53 Å². The zero-order valence-electron chi connectivity index (χ0n) is 14.7. The van der Waals surface area contributed by atoms with Crippen molar-refractivity contribution in [3.63, 3.8) is 0 Å². The van der Waals surface area contributed by atoms with Gasteiger partial charge in [-0.2, -0.15) is 0 Å². The molecule has 0 unspecified atom stereocenters. The lowest BCUT2D eigenvalue weighted by Crippen LogP contribution is -2.24. The van der Waals surface area contributed by atoms with Gasteiger partial charge < -0.3 is 4.74 Å². The molecule has 1 aliphatic rings. The number of nitrogens with zero attached hydrogens (tertiary/aromatic N) is 2. The number of rotatable bonds is 3. The number of benzene rings is 1. The lowest BCUT2D eigenvalue weighted by atomic mass is 10.2. The SMILES string of the molecule is Cc1ccccc1-n1c(S[C@H]2CCOC2=O)nc2sc(C)c(C)c2c1=O. The summed E-state index contributed by atoms with van der Waals surface area (Å²) in [6.07, 6.45) is 0.633. The van der Waals surface area contributed by atoms with Gasteiger partial charge in [-0.15, -0.1) is 11.3 Å². The molecule has 0 N–H and O–H groups in total. The molecule has 0 radical (unpaired) electrons. The van der Waals surface area contributed by atoms with E-state index in [2.05, 4.69) is 0 Å². The van der Waals surface area contributed by atoms with Gasteiger partial charge in [-0.3, -0.25) is 14.2 Å². The first kappa shape index (κ1) is 17.3. The van der Waals surface area contributed by atoms with Crippen molar-refractivity contribution in [3.8, 4) is 5.69 Å². The fourth-order valence-corrected chi connectivity index (χ4v) is 5.23. The molecule has 0 aliphatic carbocycles. The highest BCUT2D eigenvalue weighted by Gasteiger charge is 2.30. The van der Waals surface area contributed by atoms with Crippen molar-refractivity contribution in [1.82, 2.24) is 9.55 Å². The first-order chi connectivity index (χ1) is 12.5. The van der Waals surface area contributed by atoms with Gasteiger partial charge in [0.1, 0.15) is 10.1 Å². The van der Waals surface area contributed by atoms with Gasteiger partial charge in [-0.05, 0) is 38.0 Å². The lowest BCUT2D eigenvalue weighted by molar-refractivity contribution is -0.137. The lowest BCUT2D eigenvalue weighted by Gasteiger charge is -2.15. The normalized spacial score (nSPS) is 17.0. The van der Waals surface area contributed by atoms with Crippen LogP contribution in [0.1, 0.15) is 22.4 Å². The van der Waals surface area contributed by atoms with Crippen LogP contribution < -0.4 is 5.56 Å². The van der Waals surface area contributed by atoms with Crippen molar-refractivity contribution in [2.75, 3.05) is 6.61 Å². The molecule has 1 aromatic carbocycles. The molecule has 3 aromatic rings. The average Bonchev–Trinajstić information content (AvgIpc) is 3.13. The maximum absolute atomic E-state index is 13.4. The van der Waals surface area contributed by atoms with E-state index in [0.717, 1.165) is 26.5 Å². The summed E-state index contributed by atoms with van der Waals surface area (Å²) in [6.45, 7) is 6.35. The Labute approximate surface area is 159 Å². The van der Waals surface area contributed by atoms with Gasteiger partial charge >= 0.3 is 5.97 Å². The van der Waals surface area contributed by atoms with E-state index in [9.17, 15) is 9.59 Å². The molecule has 1 atom stereocenters. The topological polar surface area (TPSA) is 61.2 Å². The number of cyclic esters (lactones) is 1. The summed E-state index contributed by atoms with van der Waals surface area (Å²) in [5.74, 6) is -0.237. The molecule has 26 heavy (non-hydrogen) atoms. The molecule has 7 heteroatoms.